The molecule has 21 heavy (non-hydrogen) atoms. The predicted octanol–water partition coefficient (Wildman–Crippen LogP) is 3.85. The van der Waals surface area contributed by atoms with Crippen molar-refractivity contribution >= 4 is 0 Å². The Balaban J connectivity index is 1.98. The van der Waals surface area contributed by atoms with Crippen LogP contribution in [0.3, 0.4) is 0 Å². The SMILES string of the molecule is CC(C)c1ccc(CN(CCF)[C@H]2CC[C@H](N)CC2)cc1. The lowest BCUT2D eigenvalue weighted by Crippen LogP contribution is -2.41. The molecule has 118 valence electrons. The minimum absolute atomic E-state index is 0.271. The van der Waals surface area contributed by atoms with E-state index < -0.39 is 0 Å². The predicted molar refractivity (Wildman–Crippen MR) is 87.1 cm³/mol. The first-order chi connectivity index (χ1) is 10.1. The van der Waals surface area contributed by atoms with Gasteiger partial charge in [0, 0.05) is 25.2 Å². The van der Waals surface area contributed by atoms with Crippen LogP contribution in [0.2, 0.25) is 0 Å². The molecule has 1 aromatic rings. The number of nitrogens with zero attached hydrogens (tertiary/aromatic N) is 1. The maximum atomic E-state index is 12.9. The molecule has 0 spiro atoms. The van der Waals surface area contributed by atoms with Crippen LogP contribution in [0.25, 0.3) is 0 Å². The maximum Gasteiger partial charge on any atom is 0.102 e. The summed E-state index contributed by atoms with van der Waals surface area (Å²) < 4.78 is 12.9. The molecule has 2 nitrogen and oxygen atoms in total. The second kappa shape index (κ2) is 7.90. The minimum atomic E-state index is -0.271. The third-order valence-corrected chi connectivity index (χ3v) is 4.66. The van der Waals surface area contributed by atoms with E-state index in [1.165, 1.54) is 11.1 Å². The first-order valence-electron chi connectivity index (χ1n) is 8.24. The molecule has 1 aliphatic carbocycles. The Kier molecular flexibility index (Phi) is 6.19. The van der Waals surface area contributed by atoms with E-state index in [1.807, 2.05) is 0 Å². The summed E-state index contributed by atoms with van der Waals surface area (Å²) in [6.07, 6.45) is 4.34. The molecule has 2 N–H and O–H groups in total. The number of hydrogen-bond acceptors (Lipinski definition) is 2. The zero-order valence-corrected chi connectivity index (χ0v) is 13.4. The lowest BCUT2D eigenvalue weighted by molar-refractivity contribution is 0.132. The molecule has 0 heterocycles. The number of rotatable bonds is 6. The summed E-state index contributed by atoms with van der Waals surface area (Å²) in [7, 11) is 0. The molecule has 0 bridgehead atoms. The summed E-state index contributed by atoms with van der Waals surface area (Å²) in [4.78, 5) is 2.30. The lowest BCUT2D eigenvalue weighted by atomic mass is 9.90. The maximum absolute atomic E-state index is 12.9. The smallest absolute Gasteiger partial charge is 0.102 e. The van der Waals surface area contributed by atoms with E-state index >= 15 is 0 Å². The topological polar surface area (TPSA) is 29.3 Å². The first kappa shape index (κ1) is 16.4. The molecule has 0 aromatic heterocycles. The Morgan fingerprint density at radius 1 is 1.14 bits per heavy atom. The summed E-state index contributed by atoms with van der Waals surface area (Å²) >= 11 is 0. The summed E-state index contributed by atoms with van der Waals surface area (Å²) in [5.74, 6) is 0.556. The van der Waals surface area contributed by atoms with Crippen LogP contribution in [-0.4, -0.2) is 30.2 Å². The van der Waals surface area contributed by atoms with Gasteiger partial charge in [-0.1, -0.05) is 38.1 Å². The van der Waals surface area contributed by atoms with Crippen molar-refractivity contribution in [1.82, 2.24) is 4.90 Å². The van der Waals surface area contributed by atoms with Crippen molar-refractivity contribution in [3.63, 3.8) is 0 Å². The van der Waals surface area contributed by atoms with Crippen molar-refractivity contribution in [2.75, 3.05) is 13.2 Å². The van der Waals surface area contributed by atoms with Gasteiger partial charge in [-0.25, -0.2) is 4.39 Å². The zero-order chi connectivity index (χ0) is 15.2. The Hall–Kier alpha value is -0.930. The molecule has 0 unspecified atom stereocenters. The average Bonchev–Trinajstić information content (AvgIpc) is 2.48. The number of hydrogen-bond donors (Lipinski definition) is 1. The average molecular weight is 292 g/mol. The van der Waals surface area contributed by atoms with E-state index in [1.54, 1.807) is 0 Å². The number of alkyl halides is 1. The van der Waals surface area contributed by atoms with Crippen LogP contribution in [0.15, 0.2) is 24.3 Å². The lowest BCUT2D eigenvalue weighted by Gasteiger charge is -2.35. The second-order valence-corrected chi connectivity index (χ2v) is 6.62. The normalized spacial score (nSPS) is 23.0. The summed E-state index contributed by atoms with van der Waals surface area (Å²) in [5.41, 5.74) is 8.62. The molecule has 1 aromatic carbocycles. The minimum Gasteiger partial charge on any atom is -0.328 e. The van der Waals surface area contributed by atoms with E-state index in [9.17, 15) is 4.39 Å². The zero-order valence-electron chi connectivity index (χ0n) is 13.4. The van der Waals surface area contributed by atoms with Crippen LogP contribution in [-0.2, 0) is 6.54 Å². The van der Waals surface area contributed by atoms with Gasteiger partial charge in [0.1, 0.15) is 6.67 Å². The molecule has 0 atom stereocenters. The van der Waals surface area contributed by atoms with Crippen LogP contribution in [0.4, 0.5) is 4.39 Å². The van der Waals surface area contributed by atoms with Gasteiger partial charge in [0.25, 0.3) is 0 Å². The van der Waals surface area contributed by atoms with Crippen molar-refractivity contribution in [2.45, 2.75) is 64.1 Å². The highest BCUT2D eigenvalue weighted by atomic mass is 19.1. The Morgan fingerprint density at radius 3 is 2.29 bits per heavy atom. The van der Waals surface area contributed by atoms with Gasteiger partial charge in [0.05, 0.1) is 0 Å². The van der Waals surface area contributed by atoms with Gasteiger partial charge >= 0.3 is 0 Å². The van der Waals surface area contributed by atoms with Gasteiger partial charge in [-0.05, 0) is 42.7 Å². The van der Waals surface area contributed by atoms with Crippen LogP contribution in [0.1, 0.15) is 56.6 Å². The molecule has 0 aliphatic heterocycles. The van der Waals surface area contributed by atoms with Gasteiger partial charge < -0.3 is 5.73 Å². The van der Waals surface area contributed by atoms with E-state index in [-0.39, 0.29) is 6.67 Å². The largest absolute Gasteiger partial charge is 0.328 e. The van der Waals surface area contributed by atoms with Gasteiger partial charge in [-0.2, -0.15) is 0 Å². The van der Waals surface area contributed by atoms with Crippen LogP contribution >= 0.6 is 0 Å². The quantitative estimate of drug-likeness (QED) is 0.863. The highest BCUT2D eigenvalue weighted by molar-refractivity contribution is 5.24. The van der Waals surface area contributed by atoms with Crippen molar-refractivity contribution in [1.29, 1.82) is 0 Å². The molecule has 1 fully saturated rings. The fourth-order valence-corrected chi connectivity index (χ4v) is 3.21. The van der Waals surface area contributed by atoms with Crippen molar-refractivity contribution in [3.05, 3.63) is 35.4 Å². The molecule has 1 aliphatic rings. The summed E-state index contributed by atoms with van der Waals surface area (Å²) in [6.45, 7) is 5.52. The molecule has 1 saturated carbocycles. The summed E-state index contributed by atoms with van der Waals surface area (Å²) in [5, 5.41) is 0. The van der Waals surface area contributed by atoms with Gasteiger partial charge in [-0.15, -0.1) is 0 Å². The first-order valence-corrected chi connectivity index (χ1v) is 8.24. The van der Waals surface area contributed by atoms with Crippen LogP contribution in [0.5, 0.6) is 0 Å². The molecular formula is C18H29FN2. The number of halogens is 1. The monoisotopic (exact) mass is 292 g/mol. The molecule has 2 rings (SSSR count). The van der Waals surface area contributed by atoms with Gasteiger partial charge in [-0.3, -0.25) is 4.90 Å². The Labute approximate surface area is 128 Å². The van der Waals surface area contributed by atoms with Crippen LogP contribution in [0, 0.1) is 0 Å². The van der Waals surface area contributed by atoms with Gasteiger partial charge in [0.15, 0.2) is 0 Å². The van der Waals surface area contributed by atoms with Crippen molar-refractivity contribution in [2.24, 2.45) is 5.73 Å². The second-order valence-electron chi connectivity index (χ2n) is 6.62. The molecule has 0 radical (unpaired) electrons. The number of nitrogens with two attached hydrogens (primary N) is 1. The van der Waals surface area contributed by atoms with Crippen molar-refractivity contribution < 1.29 is 4.39 Å². The third kappa shape index (κ3) is 4.79. The molecule has 0 saturated heterocycles. The fourth-order valence-electron chi connectivity index (χ4n) is 3.21. The van der Waals surface area contributed by atoms with Gasteiger partial charge in [0.2, 0.25) is 0 Å². The van der Waals surface area contributed by atoms with E-state index in [4.69, 9.17) is 5.73 Å². The summed E-state index contributed by atoms with van der Waals surface area (Å²) in [6, 6.07) is 9.61. The highest BCUT2D eigenvalue weighted by Crippen LogP contribution is 2.24. The Bertz CT molecular complexity index is 408. The van der Waals surface area contributed by atoms with E-state index in [0.29, 0.717) is 24.5 Å². The number of benzene rings is 1. The standard InChI is InChI=1S/C18H29FN2/c1-14(2)16-5-3-15(4-6-16)13-21(12-11-19)18-9-7-17(20)8-10-18/h3-6,14,17-18H,7-13,20H2,1-2H3/t17-,18-. The van der Waals surface area contributed by atoms with E-state index in [2.05, 4.69) is 43.0 Å². The van der Waals surface area contributed by atoms with Crippen LogP contribution < -0.4 is 5.73 Å². The molecular weight excluding hydrogens is 263 g/mol. The molecule has 0 amide bonds. The highest BCUT2D eigenvalue weighted by Gasteiger charge is 2.24. The van der Waals surface area contributed by atoms with E-state index in [0.717, 1.165) is 32.2 Å². The fraction of sp³-hybridized carbons (Fsp3) is 0.667. The molecule has 3 heteroatoms. The third-order valence-electron chi connectivity index (χ3n) is 4.66. The Morgan fingerprint density at radius 2 is 1.76 bits per heavy atom. The van der Waals surface area contributed by atoms with Crippen molar-refractivity contribution in [3.8, 4) is 0 Å².